The standard InChI is InChI=1S/C25H28N6O/c1-16-11-12-20-18(14-16)15-19(24(32)26-20)22(23-27-28-29-31(23)25(2,3)4)30-13-7-9-17-8-5-6-10-21(17)30/h5-6,8,10-12,14-15,22H,7,9,13H2,1-4H3,(H,26,32). The normalized spacial score (nSPS) is 15.1. The number of nitrogens with zero attached hydrogens (tertiary/aromatic N) is 5. The van der Waals surface area contributed by atoms with Crippen molar-refractivity contribution in [1.82, 2.24) is 25.2 Å². The zero-order valence-electron chi connectivity index (χ0n) is 19.0. The molecule has 164 valence electrons. The first kappa shape index (κ1) is 20.4. The van der Waals surface area contributed by atoms with E-state index < -0.39 is 6.04 Å². The van der Waals surface area contributed by atoms with Crippen molar-refractivity contribution in [2.75, 3.05) is 11.4 Å². The molecule has 0 bridgehead atoms. The highest BCUT2D eigenvalue weighted by molar-refractivity contribution is 5.80. The van der Waals surface area contributed by atoms with Gasteiger partial charge in [0.15, 0.2) is 5.82 Å². The van der Waals surface area contributed by atoms with Crippen LogP contribution in [0.1, 0.15) is 55.7 Å². The smallest absolute Gasteiger partial charge is 0.254 e. The van der Waals surface area contributed by atoms with Gasteiger partial charge in [0.1, 0.15) is 6.04 Å². The molecular weight excluding hydrogens is 400 g/mol. The van der Waals surface area contributed by atoms with Crippen molar-refractivity contribution in [2.45, 2.75) is 52.1 Å². The van der Waals surface area contributed by atoms with Crippen LogP contribution in [-0.4, -0.2) is 31.7 Å². The number of aryl methyl sites for hydroxylation is 2. The number of fused-ring (bicyclic) bond motifs is 2. The van der Waals surface area contributed by atoms with E-state index in [4.69, 9.17) is 0 Å². The van der Waals surface area contributed by atoms with Gasteiger partial charge >= 0.3 is 0 Å². The fourth-order valence-electron chi connectivity index (χ4n) is 4.67. The monoisotopic (exact) mass is 428 g/mol. The first-order chi connectivity index (χ1) is 15.3. The Morgan fingerprint density at radius 3 is 2.72 bits per heavy atom. The van der Waals surface area contributed by atoms with Crippen LogP contribution in [-0.2, 0) is 12.0 Å². The van der Waals surface area contributed by atoms with Gasteiger partial charge in [-0.15, -0.1) is 5.10 Å². The molecular formula is C25H28N6O. The van der Waals surface area contributed by atoms with Crippen LogP contribution >= 0.6 is 0 Å². The number of aromatic amines is 1. The molecule has 2 aromatic carbocycles. The second-order valence-corrected chi connectivity index (χ2v) is 9.59. The van der Waals surface area contributed by atoms with Gasteiger partial charge in [-0.1, -0.05) is 29.8 Å². The molecule has 4 aromatic rings. The predicted octanol–water partition coefficient (Wildman–Crippen LogP) is 4.12. The fourth-order valence-corrected chi connectivity index (χ4v) is 4.67. The van der Waals surface area contributed by atoms with E-state index in [0.717, 1.165) is 41.5 Å². The Balaban J connectivity index is 1.78. The van der Waals surface area contributed by atoms with Crippen LogP contribution in [0.5, 0.6) is 0 Å². The van der Waals surface area contributed by atoms with Gasteiger partial charge in [0.25, 0.3) is 5.56 Å². The van der Waals surface area contributed by atoms with Crippen molar-refractivity contribution in [1.29, 1.82) is 0 Å². The minimum Gasteiger partial charge on any atom is -0.357 e. The summed E-state index contributed by atoms with van der Waals surface area (Å²) in [5, 5.41) is 13.8. The Morgan fingerprint density at radius 1 is 1.09 bits per heavy atom. The summed E-state index contributed by atoms with van der Waals surface area (Å²) in [5.41, 5.74) is 4.61. The Bertz CT molecular complexity index is 1350. The van der Waals surface area contributed by atoms with E-state index in [1.165, 1.54) is 5.56 Å². The largest absolute Gasteiger partial charge is 0.357 e. The van der Waals surface area contributed by atoms with Crippen LogP contribution in [0.25, 0.3) is 10.9 Å². The van der Waals surface area contributed by atoms with Crippen LogP contribution in [0.15, 0.2) is 53.3 Å². The molecule has 32 heavy (non-hydrogen) atoms. The summed E-state index contributed by atoms with van der Waals surface area (Å²) >= 11 is 0. The van der Waals surface area contributed by atoms with Gasteiger partial charge in [-0.3, -0.25) is 4.79 Å². The van der Waals surface area contributed by atoms with Gasteiger partial charge in [-0.25, -0.2) is 4.68 Å². The molecule has 1 N–H and O–H groups in total. The van der Waals surface area contributed by atoms with Gasteiger partial charge < -0.3 is 9.88 Å². The highest BCUT2D eigenvalue weighted by atomic mass is 16.1. The maximum atomic E-state index is 13.4. The van der Waals surface area contributed by atoms with Crippen molar-refractivity contribution in [3.8, 4) is 0 Å². The molecule has 0 amide bonds. The van der Waals surface area contributed by atoms with E-state index in [9.17, 15) is 4.79 Å². The number of tetrazole rings is 1. The maximum absolute atomic E-state index is 13.4. The average Bonchev–Trinajstić information content (AvgIpc) is 3.25. The lowest BCUT2D eigenvalue weighted by atomic mass is 9.95. The number of nitrogens with one attached hydrogen (secondary N) is 1. The summed E-state index contributed by atoms with van der Waals surface area (Å²) in [5.74, 6) is 0.673. The second-order valence-electron chi connectivity index (χ2n) is 9.59. The van der Waals surface area contributed by atoms with E-state index in [1.807, 2.05) is 22.9 Å². The molecule has 1 aliphatic heterocycles. The number of hydrogen-bond donors (Lipinski definition) is 1. The Labute approximate surface area is 187 Å². The molecule has 2 aromatic heterocycles. The summed E-state index contributed by atoms with van der Waals surface area (Å²) in [6.07, 6.45) is 2.03. The number of rotatable bonds is 3. The van der Waals surface area contributed by atoms with Crippen LogP contribution in [0.3, 0.4) is 0 Å². The fraction of sp³-hybridized carbons (Fsp3) is 0.360. The molecule has 3 heterocycles. The van der Waals surface area contributed by atoms with Crippen molar-refractivity contribution < 1.29 is 0 Å². The van der Waals surface area contributed by atoms with Crippen LogP contribution in [0.2, 0.25) is 0 Å². The third-order valence-electron chi connectivity index (χ3n) is 6.15. The topological polar surface area (TPSA) is 79.7 Å². The molecule has 5 rings (SSSR count). The van der Waals surface area contributed by atoms with E-state index in [1.54, 1.807) is 0 Å². The number of pyridine rings is 1. The number of anilines is 1. The lowest BCUT2D eigenvalue weighted by Gasteiger charge is -2.38. The van der Waals surface area contributed by atoms with Gasteiger partial charge in [0, 0.05) is 23.3 Å². The molecule has 1 atom stereocenters. The van der Waals surface area contributed by atoms with Crippen LogP contribution < -0.4 is 10.5 Å². The van der Waals surface area contributed by atoms with Gasteiger partial charge in [0.05, 0.1) is 5.54 Å². The first-order valence-corrected chi connectivity index (χ1v) is 11.1. The lowest BCUT2D eigenvalue weighted by molar-refractivity contribution is 0.329. The summed E-state index contributed by atoms with van der Waals surface area (Å²) in [6, 6.07) is 16.1. The molecule has 0 saturated carbocycles. The molecule has 0 aliphatic carbocycles. The minimum absolute atomic E-state index is 0.113. The lowest BCUT2D eigenvalue weighted by Crippen LogP contribution is -2.40. The Hall–Kier alpha value is -3.48. The van der Waals surface area contributed by atoms with Gasteiger partial charge in [-0.2, -0.15) is 0 Å². The summed E-state index contributed by atoms with van der Waals surface area (Å²) < 4.78 is 1.84. The molecule has 7 heteroatoms. The maximum Gasteiger partial charge on any atom is 0.254 e. The predicted molar refractivity (Wildman–Crippen MR) is 126 cm³/mol. The number of H-pyrrole nitrogens is 1. The molecule has 0 fully saturated rings. The summed E-state index contributed by atoms with van der Waals surface area (Å²) in [4.78, 5) is 18.8. The molecule has 7 nitrogen and oxygen atoms in total. The van der Waals surface area contributed by atoms with Crippen molar-refractivity contribution >= 4 is 16.6 Å². The van der Waals surface area contributed by atoms with E-state index >= 15 is 0 Å². The molecule has 0 radical (unpaired) electrons. The van der Waals surface area contributed by atoms with E-state index in [2.05, 4.69) is 83.4 Å². The highest BCUT2D eigenvalue weighted by Gasteiger charge is 2.35. The average molecular weight is 429 g/mol. The number of benzene rings is 2. The summed E-state index contributed by atoms with van der Waals surface area (Å²) in [7, 11) is 0. The van der Waals surface area contributed by atoms with Gasteiger partial charge in [-0.05, 0) is 86.2 Å². The number of aromatic nitrogens is 5. The van der Waals surface area contributed by atoms with E-state index in [0.29, 0.717) is 11.4 Å². The quantitative estimate of drug-likeness (QED) is 0.531. The third kappa shape index (κ3) is 3.47. The molecule has 1 aliphatic rings. The summed E-state index contributed by atoms with van der Waals surface area (Å²) in [6.45, 7) is 9.10. The van der Waals surface area contributed by atoms with Crippen molar-refractivity contribution in [2.24, 2.45) is 0 Å². The van der Waals surface area contributed by atoms with E-state index in [-0.39, 0.29) is 11.1 Å². The zero-order chi connectivity index (χ0) is 22.5. The van der Waals surface area contributed by atoms with Crippen molar-refractivity contribution in [3.05, 3.63) is 81.4 Å². The second kappa shape index (κ2) is 7.58. The molecule has 0 spiro atoms. The number of hydrogen-bond acceptors (Lipinski definition) is 5. The number of para-hydroxylation sites is 1. The molecule has 1 unspecified atom stereocenters. The third-order valence-corrected chi connectivity index (χ3v) is 6.15. The van der Waals surface area contributed by atoms with Crippen LogP contribution in [0, 0.1) is 6.92 Å². The first-order valence-electron chi connectivity index (χ1n) is 11.1. The van der Waals surface area contributed by atoms with Crippen molar-refractivity contribution in [3.63, 3.8) is 0 Å². The minimum atomic E-state index is -0.403. The Morgan fingerprint density at radius 2 is 1.91 bits per heavy atom. The molecule has 0 saturated heterocycles. The van der Waals surface area contributed by atoms with Gasteiger partial charge in [0.2, 0.25) is 0 Å². The highest BCUT2D eigenvalue weighted by Crippen LogP contribution is 2.37. The SMILES string of the molecule is Cc1ccc2[nH]c(=O)c(C(c3nnnn3C(C)(C)C)N3CCCc4ccccc43)cc2c1. The zero-order valence-corrected chi connectivity index (χ0v) is 19.0. The van der Waals surface area contributed by atoms with Crippen LogP contribution in [0.4, 0.5) is 5.69 Å². The Kier molecular flexibility index (Phi) is 4.84.